The molecule has 0 saturated heterocycles. The SMILES string of the molecule is CN(C)c1ccc(-c2cnc3cnn(S(=O)(=O)c4cnc5ccccn45)c3c2)cc1. The van der Waals surface area contributed by atoms with Crippen LogP contribution in [0.3, 0.4) is 0 Å². The van der Waals surface area contributed by atoms with Crippen LogP contribution in [0.4, 0.5) is 5.69 Å². The van der Waals surface area contributed by atoms with Gasteiger partial charge in [0.1, 0.15) is 16.7 Å². The molecule has 0 aliphatic rings. The average Bonchev–Trinajstić information content (AvgIpc) is 3.38. The first-order valence-electron chi connectivity index (χ1n) is 9.24. The molecule has 0 bridgehead atoms. The van der Waals surface area contributed by atoms with Crippen molar-refractivity contribution < 1.29 is 8.42 Å². The summed E-state index contributed by atoms with van der Waals surface area (Å²) in [5.74, 6) is 0. The fourth-order valence-corrected chi connectivity index (χ4v) is 4.72. The Morgan fingerprint density at radius 3 is 2.47 bits per heavy atom. The van der Waals surface area contributed by atoms with Gasteiger partial charge >= 0.3 is 10.0 Å². The summed E-state index contributed by atoms with van der Waals surface area (Å²) in [5.41, 5.74) is 4.29. The van der Waals surface area contributed by atoms with Gasteiger partial charge in [0.25, 0.3) is 0 Å². The molecule has 0 atom stereocenters. The van der Waals surface area contributed by atoms with Crippen LogP contribution in [0.25, 0.3) is 27.8 Å². The second-order valence-corrected chi connectivity index (χ2v) is 8.80. The van der Waals surface area contributed by atoms with Crippen LogP contribution >= 0.6 is 0 Å². The molecule has 1 aromatic carbocycles. The zero-order chi connectivity index (χ0) is 20.9. The van der Waals surface area contributed by atoms with E-state index < -0.39 is 10.0 Å². The number of imidazole rings is 1. The third kappa shape index (κ3) is 2.82. The molecule has 0 amide bonds. The Hall–Kier alpha value is -3.72. The Morgan fingerprint density at radius 2 is 1.70 bits per heavy atom. The lowest BCUT2D eigenvalue weighted by Crippen LogP contribution is -2.16. The van der Waals surface area contributed by atoms with Crippen LogP contribution in [0.1, 0.15) is 0 Å². The number of pyridine rings is 2. The minimum absolute atomic E-state index is 0.0452. The van der Waals surface area contributed by atoms with E-state index in [1.165, 1.54) is 16.8 Å². The fourth-order valence-electron chi connectivity index (χ4n) is 3.38. The molecule has 30 heavy (non-hydrogen) atoms. The van der Waals surface area contributed by atoms with E-state index in [0.29, 0.717) is 16.7 Å². The van der Waals surface area contributed by atoms with Crippen LogP contribution in [-0.4, -0.2) is 46.1 Å². The summed E-state index contributed by atoms with van der Waals surface area (Å²) in [6.45, 7) is 0. The van der Waals surface area contributed by atoms with Crippen LogP contribution in [0.2, 0.25) is 0 Å². The minimum atomic E-state index is -3.96. The van der Waals surface area contributed by atoms with Crippen molar-refractivity contribution in [2.24, 2.45) is 0 Å². The maximum absolute atomic E-state index is 13.4. The second-order valence-electron chi connectivity index (χ2n) is 7.09. The van der Waals surface area contributed by atoms with E-state index in [1.807, 2.05) is 43.3 Å². The van der Waals surface area contributed by atoms with Crippen LogP contribution in [0.15, 0.2) is 78.3 Å². The number of fused-ring (bicyclic) bond motifs is 2. The second kappa shape index (κ2) is 6.67. The molecule has 0 unspecified atom stereocenters. The highest BCUT2D eigenvalue weighted by Crippen LogP contribution is 2.26. The van der Waals surface area contributed by atoms with E-state index in [-0.39, 0.29) is 5.03 Å². The summed E-state index contributed by atoms with van der Waals surface area (Å²) in [6, 6.07) is 15.1. The van der Waals surface area contributed by atoms with Crippen molar-refractivity contribution in [2.75, 3.05) is 19.0 Å². The van der Waals surface area contributed by atoms with E-state index in [9.17, 15) is 8.42 Å². The molecule has 0 aliphatic carbocycles. The molecule has 4 heterocycles. The first kappa shape index (κ1) is 18.3. The fraction of sp³-hybridized carbons (Fsp3) is 0.0952. The molecule has 8 nitrogen and oxygen atoms in total. The molecule has 0 N–H and O–H groups in total. The molecule has 150 valence electrons. The highest BCUT2D eigenvalue weighted by molar-refractivity contribution is 7.90. The first-order chi connectivity index (χ1) is 14.4. The maximum atomic E-state index is 13.4. The molecule has 9 heteroatoms. The third-order valence-electron chi connectivity index (χ3n) is 4.98. The van der Waals surface area contributed by atoms with Gasteiger partial charge in [-0.3, -0.25) is 9.38 Å². The zero-order valence-electron chi connectivity index (χ0n) is 16.3. The maximum Gasteiger partial charge on any atom is 0.301 e. The standard InChI is InChI=1S/C21H18N6O2S/c1-25(2)17-8-6-15(7-9-17)16-11-19-18(22-12-16)13-24-27(19)30(28,29)21-14-23-20-5-3-4-10-26(20)21/h3-14H,1-2H3. The molecule has 5 rings (SSSR count). The molecule has 0 spiro atoms. The molecule has 0 saturated carbocycles. The Kier molecular flexibility index (Phi) is 4.07. The molecule has 0 fully saturated rings. The lowest BCUT2D eigenvalue weighted by molar-refractivity contribution is 0.577. The number of rotatable bonds is 4. The Labute approximate surface area is 173 Å². The quantitative estimate of drug-likeness (QED) is 0.446. The summed E-state index contributed by atoms with van der Waals surface area (Å²) in [4.78, 5) is 10.6. The zero-order valence-corrected chi connectivity index (χ0v) is 17.2. The van der Waals surface area contributed by atoms with Gasteiger partial charge in [-0.2, -0.15) is 17.6 Å². The van der Waals surface area contributed by atoms with Gasteiger partial charge < -0.3 is 4.90 Å². The van der Waals surface area contributed by atoms with Gasteiger partial charge in [0.05, 0.1) is 12.4 Å². The summed E-state index contributed by atoms with van der Waals surface area (Å²) in [5, 5.41) is 4.17. The van der Waals surface area contributed by atoms with Gasteiger partial charge in [0.15, 0.2) is 5.03 Å². The van der Waals surface area contributed by atoms with Crippen molar-refractivity contribution >= 4 is 32.4 Å². The number of aromatic nitrogens is 5. The van der Waals surface area contributed by atoms with E-state index in [2.05, 4.69) is 15.1 Å². The molecular formula is C21H18N6O2S. The van der Waals surface area contributed by atoms with Crippen LogP contribution in [0.5, 0.6) is 0 Å². The highest BCUT2D eigenvalue weighted by atomic mass is 32.2. The molecule has 0 aliphatic heterocycles. The number of nitrogens with zero attached hydrogens (tertiary/aromatic N) is 6. The third-order valence-corrected chi connectivity index (χ3v) is 6.56. The van der Waals surface area contributed by atoms with Crippen molar-refractivity contribution in [2.45, 2.75) is 5.03 Å². The van der Waals surface area contributed by atoms with E-state index >= 15 is 0 Å². The first-order valence-corrected chi connectivity index (χ1v) is 10.7. The monoisotopic (exact) mass is 418 g/mol. The lowest BCUT2D eigenvalue weighted by Gasteiger charge is -2.12. The van der Waals surface area contributed by atoms with E-state index in [4.69, 9.17) is 0 Å². The topological polar surface area (TPSA) is 85.4 Å². The smallest absolute Gasteiger partial charge is 0.301 e. The summed E-state index contributed by atoms with van der Waals surface area (Å²) in [7, 11) is -0.00634. The summed E-state index contributed by atoms with van der Waals surface area (Å²) >= 11 is 0. The van der Waals surface area contributed by atoms with Crippen molar-refractivity contribution in [1.29, 1.82) is 0 Å². The van der Waals surface area contributed by atoms with Crippen molar-refractivity contribution in [3.8, 4) is 11.1 Å². The van der Waals surface area contributed by atoms with Crippen molar-refractivity contribution in [1.82, 2.24) is 23.6 Å². The largest absolute Gasteiger partial charge is 0.378 e. The number of benzene rings is 1. The van der Waals surface area contributed by atoms with Crippen molar-refractivity contribution in [3.05, 3.63) is 73.3 Å². The van der Waals surface area contributed by atoms with Crippen LogP contribution < -0.4 is 4.90 Å². The molecular weight excluding hydrogens is 400 g/mol. The van der Waals surface area contributed by atoms with Gasteiger partial charge in [0, 0.05) is 37.7 Å². The normalized spacial score (nSPS) is 11.9. The summed E-state index contributed by atoms with van der Waals surface area (Å²) in [6.07, 6.45) is 6.18. The van der Waals surface area contributed by atoms with Crippen LogP contribution in [0, 0.1) is 0 Å². The lowest BCUT2D eigenvalue weighted by atomic mass is 10.1. The van der Waals surface area contributed by atoms with Gasteiger partial charge in [-0.1, -0.05) is 18.2 Å². The Balaban J connectivity index is 1.64. The molecule has 4 aromatic heterocycles. The van der Waals surface area contributed by atoms with E-state index in [0.717, 1.165) is 20.9 Å². The van der Waals surface area contributed by atoms with Crippen LogP contribution in [-0.2, 0) is 10.0 Å². The van der Waals surface area contributed by atoms with Gasteiger partial charge in [0.2, 0.25) is 0 Å². The van der Waals surface area contributed by atoms with Gasteiger partial charge in [-0.05, 0) is 35.9 Å². The minimum Gasteiger partial charge on any atom is -0.378 e. The van der Waals surface area contributed by atoms with Gasteiger partial charge in [-0.15, -0.1) is 0 Å². The summed E-state index contributed by atoms with van der Waals surface area (Å²) < 4.78 is 29.3. The molecule has 5 aromatic rings. The number of anilines is 1. The number of hydrogen-bond donors (Lipinski definition) is 0. The highest BCUT2D eigenvalue weighted by Gasteiger charge is 2.25. The Morgan fingerprint density at radius 1 is 0.900 bits per heavy atom. The predicted molar refractivity (Wildman–Crippen MR) is 115 cm³/mol. The number of hydrogen-bond acceptors (Lipinski definition) is 6. The Bertz CT molecular complexity index is 1480. The average molecular weight is 418 g/mol. The van der Waals surface area contributed by atoms with E-state index in [1.54, 1.807) is 36.7 Å². The van der Waals surface area contributed by atoms with Crippen molar-refractivity contribution in [3.63, 3.8) is 0 Å². The predicted octanol–water partition coefficient (Wildman–Crippen LogP) is 3.05. The van der Waals surface area contributed by atoms with Gasteiger partial charge in [-0.25, -0.2) is 4.98 Å². The molecule has 0 radical (unpaired) electrons.